The number of nitrogens with zero attached hydrogens (tertiary/aromatic N) is 2. The lowest BCUT2D eigenvalue weighted by atomic mass is 10.0. The minimum atomic E-state index is -0.449. The lowest BCUT2D eigenvalue weighted by molar-refractivity contribution is -0.120. The van der Waals surface area contributed by atoms with Gasteiger partial charge >= 0.3 is 0 Å². The van der Waals surface area contributed by atoms with Gasteiger partial charge in [-0.1, -0.05) is 25.4 Å². The maximum absolute atomic E-state index is 12.8. The lowest BCUT2D eigenvalue weighted by Crippen LogP contribution is -2.38. The van der Waals surface area contributed by atoms with Crippen LogP contribution < -0.4 is 10.2 Å². The first-order valence-electron chi connectivity index (χ1n) is 9.46. The maximum atomic E-state index is 12.8. The van der Waals surface area contributed by atoms with Gasteiger partial charge in [0.1, 0.15) is 6.04 Å². The van der Waals surface area contributed by atoms with E-state index >= 15 is 0 Å². The molecule has 0 radical (unpaired) electrons. The van der Waals surface area contributed by atoms with Crippen molar-refractivity contribution >= 4 is 63.7 Å². The molecule has 2 aliphatic heterocycles. The second-order valence-electron chi connectivity index (χ2n) is 6.39. The standard InChI is InChI=1S/C18H15Cl2N3O3S.C2H6/c19-11-9-10(21-16(24)14-6-7-15(20)26-14)4-5-12(11)23-17(25)13-3-1-2-8-22(13)18(23)27;1-2/h4-7,9,13H,1-3,8H2,(H,21,24);1-2H3. The summed E-state index contributed by atoms with van der Waals surface area (Å²) in [6.45, 7) is 4.78. The molecule has 2 amide bonds. The van der Waals surface area contributed by atoms with Gasteiger partial charge in [-0.3, -0.25) is 14.5 Å². The molecule has 0 bridgehead atoms. The smallest absolute Gasteiger partial charge is 0.291 e. The summed E-state index contributed by atoms with van der Waals surface area (Å²) in [5, 5.41) is 3.61. The number of fused-ring (bicyclic) bond motifs is 1. The highest BCUT2D eigenvalue weighted by Gasteiger charge is 2.44. The highest BCUT2D eigenvalue weighted by atomic mass is 35.5. The highest BCUT2D eigenvalue weighted by Crippen LogP contribution is 2.36. The van der Waals surface area contributed by atoms with Crippen molar-refractivity contribution < 1.29 is 14.0 Å². The molecule has 1 N–H and O–H groups in total. The SMILES string of the molecule is CC.O=C(Nc1ccc(N2C(=O)C3CCCCN3C2=S)c(Cl)c1)c1ccc(Cl)o1. The fraction of sp³-hybridized carbons (Fsp3) is 0.350. The third-order valence-electron chi connectivity index (χ3n) is 4.69. The van der Waals surface area contributed by atoms with E-state index in [1.807, 2.05) is 18.7 Å². The fourth-order valence-electron chi connectivity index (χ4n) is 3.41. The van der Waals surface area contributed by atoms with Crippen LogP contribution in [0.2, 0.25) is 10.2 Å². The van der Waals surface area contributed by atoms with Gasteiger partial charge in [-0.15, -0.1) is 0 Å². The summed E-state index contributed by atoms with van der Waals surface area (Å²) in [6.07, 6.45) is 2.83. The summed E-state index contributed by atoms with van der Waals surface area (Å²) < 4.78 is 5.08. The van der Waals surface area contributed by atoms with E-state index in [4.69, 9.17) is 39.8 Å². The van der Waals surface area contributed by atoms with E-state index in [1.165, 1.54) is 17.0 Å². The molecule has 2 fully saturated rings. The number of hydrogen-bond donors (Lipinski definition) is 1. The summed E-state index contributed by atoms with van der Waals surface area (Å²) in [6, 6.07) is 7.68. The Balaban J connectivity index is 0.00000117. The average Bonchev–Trinajstić information content (AvgIpc) is 3.27. The maximum Gasteiger partial charge on any atom is 0.291 e. The number of thiocarbonyl (C=S) groups is 1. The van der Waals surface area contributed by atoms with Gasteiger partial charge in [-0.05, 0) is 73.4 Å². The minimum absolute atomic E-state index is 0.0522. The van der Waals surface area contributed by atoms with Crippen LogP contribution >= 0.6 is 35.4 Å². The number of furan rings is 1. The Labute approximate surface area is 184 Å². The van der Waals surface area contributed by atoms with Gasteiger partial charge in [0.05, 0.1) is 10.7 Å². The molecule has 1 aromatic carbocycles. The number of benzene rings is 1. The first kappa shape index (κ1) is 21.6. The van der Waals surface area contributed by atoms with Crippen molar-refractivity contribution in [3.63, 3.8) is 0 Å². The number of rotatable bonds is 3. The summed E-state index contributed by atoms with van der Waals surface area (Å²) in [7, 11) is 0. The monoisotopic (exact) mass is 453 g/mol. The predicted molar refractivity (Wildman–Crippen MR) is 119 cm³/mol. The molecule has 29 heavy (non-hydrogen) atoms. The van der Waals surface area contributed by atoms with E-state index in [0.717, 1.165) is 25.8 Å². The van der Waals surface area contributed by atoms with Gasteiger partial charge in [0, 0.05) is 12.2 Å². The second-order valence-corrected chi connectivity index (χ2v) is 7.53. The molecular formula is C20H21Cl2N3O3S. The van der Waals surface area contributed by atoms with Gasteiger partial charge in [0.25, 0.3) is 11.8 Å². The molecule has 0 aliphatic carbocycles. The first-order chi connectivity index (χ1) is 14.0. The Bertz CT molecular complexity index is 923. The number of amides is 2. The van der Waals surface area contributed by atoms with Crippen LogP contribution in [-0.2, 0) is 4.79 Å². The molecule has 1 aromatic heterocycles. The Morgan fingerprint density at radius 3 is 2.59 bits per heavy atom. The number of hydrogen-bond acceptors (Lipinski definition) is 4. The van der Waals surface area contributed by atoms with Crippen LogP contribution in [0.1, 0.15) is 43.7 Å². The van der Waals surface area contributed by atoms with E-state index in [9.17, 15) is 9.59 Å². The number of piperidine rings is 1. The fourth-order valence-corrected chi connectivity index (χ4v) is 4.22. The topological polar surface area (TPSA) is 65.8 Å². The molecule has 1 unspecified atom stereocenters. The molecule has 4 rings (SSSR count). The van der Waals surface area contributed by atoms with E-state index in [-0.39, 0.29) is 22.9 Å². The van der Waals surface area contributed by atoms with Crippen LogP contribution in [0.5, 0.6) is 0 Å². The zero-order valence-electron chi connectivity index (χ0n) is 16.1. The molecule has 2 saturated heterocycles. The van der Waals surface area contributed by atoms with Crippen LogP contribution in [0.15, 0.2) is 34.7 Å². The lowest BCUT2D eigenvalue weighted by Gasteiger charge is -2.28. The van der Waals surface area contributed by atoms with Gasteiger partial charge in [-0.2, -0.15) is 0 Å². The molecule has 9 heteroatoms. The summed E-state index contributed by atoms with van der Waals surface area (Å²) >= 11 is 17.6. The summed E-state index contributed by atoms with van der Waals surface area (Å²) in [5.41, 5.74) is 0.983. The van der Waals surface area contributed by atoms with Crippen molar-refractivity contribution in [1.82, 2.24) is 4.90 Å². The van der Waals surface area contributed by atoms with Gasteiger partial charge in [0.15, 0.2) is 16.1 Å². The molecule has 0 saturated carbocycles. The average molecular weight is 454 g/mol. The number of nitrogens with one attached hydrogen (secondary N) is 1. The molecule has 154 valence electrons. The number of carbonyl (C=O) groups is 2. The van der Waals surface area contributed by atoms with E-state index in [1.54, 1.807) is 18.2 Å². The Hall–Kier alpha value is -2.09. The van der Waals surface area contributed by atoms with E-state index < -0.39 is 5.91 Å². The van der Waals surface area contributed by atoms with Crippen molar-refractivity contribution in [3.8, 4) is 0 Å². The summed E-state index contributed by atoms with van der Waals surface area (Å²) in [5.74, 6) is -0.410. The molecule has 6 nitrogen and oxygen atoms in total. The molecular weight excluding hydrogens is 433 g/mol. The quantitative estimate of drug-likeness (QED) is 0.634. The zero-order valence-corrected chi connectivity index (χ0v) is 18.4. The van der Waals surface area contributed by atoms with Crippen LogP contribution in [0.25, 0.3) is 0 Å². The van der Waals surface area contributed by atoms with Crippen LogP contribution in [0.4, 0.5) is 11.4 Å². The molecule has 0 spiro atoms. The van der Waals surface area contributed by atoms with Gasteiger partial charge in [-0.25, -0.2) is 0 Å². The Kier molecular flexibility index (Phi) is 6.82. The zero-order chi connectivity index (χ0) is 21.1. The largest absolute Gasteiger partial charge is 0.440 e. The van der Waals surface area contributed by atoms with Gasteiger partial charge < -0.3 is 14.6 Å². The second kappa shape index (κ2) is 9.15. The normalized spacial score (nSPS) is 18.3. The van der Waals surface area contributed by atoms with Crippen molar-refractivity contribution in [2.75, 3.05) is 16.8 Å². The Morgan fingerprint density at radius 1 is 1.21 bits per heavy atom. The number of carbonyl (C=O) groups excluding carboxylic acids is 2. The van der Waals surface area contributed by atoms with Gasteiger partial charge in [0.2, 0.25) is 0 Å². The van der Waals surface area contributed by atoms with Crippen molar-refractivity contribution in [2.45, 2.75) is 39.2 Å². The van der Waals surface area contributed by atoms with Crippen LogP contribution in [-0.4, -0.2) is 34.4 Å². The van der Waals surface area contributed by atoms with Crippen LogP contribution in [0, 0.1) is 0 Å². The van der Waals surface area contributed by atoms with E-state index in [2.05, 4.69) is 5.32 Å². The molecule has 2 aliphatic rings. The highest BCUT2D eigenvalue weighted by molar-refractivity contribution is 7.80. The number of halogens is 2. The number of anilines is 2. The van der Waals surface area contributed by atoms with Crippen LogP contribution in [0.3, 0.4) is 0 Å². The van der Waals surface area contributed by atoms with Crippen molar-refractivity contribution in [2.24, 2.45) is 0 Å². The third-order valence-corrected chi connectivity index (χ3v) is 5.61. The summed E-state index contributed by atoms with van der Waals surface area (Å²) in [4.78, 5) is 28.4. The molecule has 1 atom stereocenters. The third kappa shape index (κ3) is 4.27. The van der Waals surface area contributed by atoms with E-state index in [0.29, 0.717) is 21.5 Å². The van der Waals surface area contributed by atoms with Crippen molar-refractivity contribution in [3.05, 3.63) is 46.3 Å². The van der Waals surface area contributed by atoms with Crippen molar-refractivity contribution in [1.29, 1.82) is 0 Å². The Morgan fingerprint density at radius 2 is 1.97 bits per heavy atom. The minimum Gasteiger partial charge on any atom is -0.440 e. The molecule has 2 aromatic rings. The molecule has 3 heterocycles. The predicted octanol–water partition coefficient (Wildman–Crippen LogP) is 5.35. The first-order valence-corrected chi connectivity index (χ1v) is 10.6.